The van der Waals surface area contributed by atoms with Gasteiger partial charge in [-0.3, -0.25) is 4.99 Å². The maximum atomic E-state index is 5.46. The zero-order valence-electron chi connectivity index (χ0n) is 14.5. The van der Waals surface area contributed by atoms with Gasteiger partial charge in [0.05, 0.1) is 13.2 Å². The molecule has 22 heavy (non-hydrogen) atoms. The molecule has 0 aromatic carbocycles. The van der Waals surface area contributed by atoms with Crippen LogP contribution in [0.25, 0.3) is 0 Å². The summed E-state index contributed by atoms with van der Waals surface area (Å²) in [5.41, 5.74) is 0. The number of guanidine groups is 1. The Labute approximate surface area is 153 Å². The second-order valence-corrected chi connectivity index (χ2v) is 5.74. The second-order valence-electron chi connectivity index (χ2n) is 5.74. The summed E-state index contributed by atoms with van der Waals surface area (Å²) in [6.45, 7) is 10.7. The van der Waals surface area contributed by atoms with Crippen molar-refractivity contribution in [3.05, 3.63) is 0 Å². The van der Waals surface area contributed by atoms with E-state index in [9.17, 15) is 0 Å². The molecule has 0 saturated carbocycles. The molecule has 1 aliphatic rings. The van der Waals surface area contributed by atoms with E-state index in [4.69, 9.17) is 14.5 Å². The van der Waals surface area contributed by atoms with Crippen molar-refractivity contribution in [1.82, 2.24) is 10.2 Å². The van der Waals surface area contributed by atoms with Crippen LogP contribution in [0, 0.1) is 5.92 Å². The van der Waals surface area contributed by atoms with Crippen molar-refractivity contribution in [3.8, 4) is 0 Å². The molecule has 1 atom stereocenters. The minimum atomic E-state index is 0. The Morgan fingerprint density at radius 1 is 1.27 bits per heavy atom. The number of ether oxygens (including phenoxy) is 2. The van der Waals surface area contributed by atoms with Gasteiger partial charge in [-0.2, -0.15) is 0 Å². The van der Waals surface area contributed by atoms with Crippen LogP contribution in [-0.4, -0.2) is 64.0 Å². The molecule has 1 aliphatic heterocycles. The molecule has 1 saturated heterocycles. The van der Waals surface area contributed by atoms with Crippen molar-refractivity contribution in [2.24, 2.45) is 10.9 Å². The molecule has 0 aromatic rings. The normalized spacial score (nSPS) is 19.0. The maximum absolute atomic E-state index is 5.46. The van der Waals surface area contributed by atoms with E-state index >= 15 is 0 Å². The second kappa shape index (κ2) is 14.5. The molecule has 0 amide bonds. The molecule has 5 nitrogen and oxygen atoms in total. The van der Waals surface area contributed by atoms with Gasteiger partial charge in [0, 0.05) is 39.9 Å². The van der Waals surface area contributed by atoms with Gasteiger partial charge in [-0.1, -0.05) is 6.92 Å². The lowest BCUT2D eigenvalue weighted by molar-refractivity contribution is 0.0690. The molecule has 1 fully saturated rings. The number of halogens is 1. The number of nitrogens with one attached hydrogen (secondary N) is 1. The number of piperidine rings is 1. The van der Waals surface area contributed by atoms with E-state index in [1.54, 1.807) is 7.11 Å². The monoisotopic (exact) mass is 427 g/mol. The predicted molar refractivity (Wildman–Crippen MR) is 103 cm³/mol. The van der Waals surface area contributed by atoms with E-state index in [1.807, 2.05) is 0 Å². The van der Waals surface area contributed by atoms with Crippen molar-refractivity contribution < 1.29 is 9.47 Å². The fraction of sp³-hybridized carbons (Fsp3) is 0.938. The topological polar surface area (TPSA) is 46.1 Å². The van der Waals surface area contributed by atoms with Crippen LogP contribution in [0.4, 0.5) is 0 Å². The summed E-state index contributed by atoms with van der Waals surface area (Å²) in [6, 6.07) is 0. The first-order valence-electron chi connectivity index (χ1n) is 8.37. The van der Waals surface area contributed by atoms with Crippen LogP contribution in [0.2, 0.25) is 0 Å². The molecule has 1 heterocycles. The van der Waals surface area contributed by atoms with Gasteiger partial charge in [-0.05, 0) is 38.5 Å². The fourth-order valence-corrected chi connectivity index (χ4v) is 2.55. The zero-order valence-corrected chi connectivity index (χ0v) is 16.8. The Morgan fingerprint density at radius 2 is 2.09 bits per heavy atom. The van der Waals surface area contributed by atoms with Crippen LogP contribution < -0.4 is 5.32 Å². The standard InChI is InChI=1S/C16H33N3O2.HI/c1-4-17-16(19-10-7-8-15(2)14-19)18-9-5-6-11-21-13-12-20-3;/h15H,4-14H2,1-3H3,(H,17,18);1H. The highest BCUT2D eigenvalue weighted by molar-refractivity contribution is 14.0. The average molecular weight is 427 g/mol. The summed E-state index contributed by atoms with van der Waals surface area (Å²) in [7, 11) is 1.70. The first-order valence-corrected chi connectivity index (χ1v) is 8.37. The van der Waals surface area contributed by atoms with Gasteiger partial charge in [-0.15, -0.1) is 24.0 Å². The number of nitrogens with zero attached hydrogens (tertiary/aromatic N) is 2. The number of rotatable bonds is 9. The summed E-state index contributed by atoms with van der Waals surface area (Å²) < 4.78 is 10.4. The average Bonchev–Trinajstić information content (AvgIpc) is 2.49. The Balaban J connectivity index is 0.00000441. The number of unbranched alkanes of at least 4 members (excludes halogenated alkanes) is 1. The van der Waals surface area contributed by atoms with E-state index in [2.05, 4.69) is 24.1 Å². The van der Waals surface area contributed by atoms with Crippen molar-refractivity contribution in [1.29, 1.82) is 0 Å². The molecule has 0 aromatic heterocycles. The summed E-state index contributed by atoms with van der Waals surface area (Å²) in [5.74, 6) is 1.86. The number of methoxy groups -OCH3 is 1. The van der Waals surface area contributed by atoms with Crippen molar-refractivity contribution in [2.45, 2.75) is 39.5 Å². The summed E-state index contributed by atoms with van der Waals surface area (Å²) >= 11 is 0. The molecular formula is C16H34IN3O2. The van der Waals surface area contributed by atoms with Crippen LogP contribution in [0.3, 0.4) is 0 Å². The highest BCUT2D eigenvalue weighted by Gasteiger charge is 2.18. The number of likely N-dealkylation sites (tertiary alicyclic amines) is 1. The van der Waals surface area contributed by atoms with Gasteiger partial charge in [0.25, 0.3) is 0 Å². The van der Waals surface area contributed by atoms with Gasteiger partial charge in [0.2, 0.25) is 0 Å². The van der Waals surface area contributed by atoms with Gasteiger partial charge >= 0.3 is 0 Å². The predicted octanol–water partition coefficient (Wildman–Crippen LogP) is 2.75. The minimum Gasteiger partial charge on any atom is -0.382 e. The van der Waals surface area contributed by atoms with Gasteiger partial charge in [0.1, 0.15) is 0 Å². The first kappa shape index (κ1) is 21.9. The largest absolute Gasteiger partial charge is 0.382 e. The van der Waals surface area contributed by atoms with E-state index < -0.39 is 0 Å². The van der Waals surface area contributed by atoms with Crippen molar-refractivity contribution >= 4 is 29.9 Å². The fourth-order valence-electron chi connectivity index (χ4n) is 2.55. The molecular weight excluding hydrogens is 393 g/mol. The lowest BCUT2D eigenvalue weighted by Gasteiger charge is -2.33. The lowest BCUT2D eigenvalue weighted by atomic mass is 10.0. The number of hydrogen-bond acceptors (Lipinski definition) is 3. The quantitative estimate of drug-likeness (QED) is 0.266. The Hall–Kier alpha value is -0.0800. The van der Waals surface area contributed by atoms with Crippen LogP contribution in [0.5, 0.6) is 0 Å². The maximum Gasteiger partial charge on any atom is 0.193 e. The third-order valence-corrected chi connectivity index (χ3v) is 3.68. The highest BCUT2D eigenvalue weighted by Crippen LogP contribution is 2.15. The zero-order chi connectivity index (χ0) is 15.3. The smallest absolute Gasteiger partial charge is 0.193 e. The molecule has 0 aliphatic carbocycles. The first-order chi connectivity index (χ1) is 10.3. The molecule has 1 unspecified atom stereocenters. The lowest BCUT2D eigenvalue weighted by Crippen LogP contribution is -2.46. The highest BCUT2D eigenvalue weighted by atomic mass is 127. The number of hydrogen-bond donors (Lipinski definition) is 1. The van der Waals surface area contributed by atoms with Gasteiger partial charge in [-0.25, -0.2) is 0 Å². The van der Waals surface area contributed by atoms with Crippen LogP contribution in [0.1, 0.15) is 39.5 Å². The minimum absolute atomic E-state index is 0. The Bertz CT molecular complexity index is 291. The van der Waals surface area contributed by atoms with E-state index in [0.29, 0.717) is 13.2 Å². The number of aliphatic imine (C=N–C) groups is 1. The van der Waals surface area contributed by atoms with Crippen LogP contribution >= 0.6 is 24.0 Å². The van der Waals surface area contributed by atoms with Crippen molar-refractivity contribution in [2.75, 3.05) is 53.1 Å². The molecule has 0 bridgehead atoms. The molecule has 0 radical (unpaired) electrons. The Morgan fingerprint density at radius 3 is 2.77 bits per heavy atom. The van der Waals surface area contributed by atoms with Crippen LogP contribution in [-0.2, 0) is 9.47 Å². The van der Waals surface area contributed by atoms with E-state index in [0.717, 1.165) is 57.5 Å². The van der Waals surface area contributed by atoms with E-state index in [-0.39, 0.29) is 24.0 Å². The van der Waals surface area contributed by atoms with Crippen LogP contribution in [0.15, 0.2) is 4.99 Å². The summed E-state index contributed by atoms with van der Waals surface area (Å²) in [4.78, 5) is 7.17. The molecule has 1 N–H and O–H groups in total. The summed E-state index contributed by atoms with van der Waals surface area (Å²) in [6.07, 6.45) is 4.75. The third kappa shape index (κ3) is 9.84. The third-order valence-electron chi connectivity index (χ3n) is 3.68. The SMILES string of the molecule is CCNC(=NCCCCOCCOC)N1CCCC(C)C1.I. The van der Waals surface area contributed by atoms with Gasteiger partial charge in [0.15, 0.2) is 5.96 Å². The Kier molecular flexibility index (Phi) is 14.5. The molecule has 1 rings (SSSR count). The van der Waals surface area contributed by atoms with Crippen molar-refractivity contribution in [3.63, 3.8) is 0 Å². The summed E-state index contributed by atoms with van der Waals surface area (Å²) in [5, 5.41) is 3.42. The molecule has 132 valence electrons. The van der Waals surface area contributed by atoms with Gasteiger partial charge < -0.3 is 19.7 Å². The van der Waals surface area contributed by atoms with E-state index in [1.165, 1.54) is 12.8 Å². The molecule has 6 heteroatoms. The molecule has 0 spiro atoms.